The predicted octanol–water partition coefficient (Wildman–Crippen LogP) is -1.10. The number of nitrogens with two attached hydrogens (primary N) is 1. The maximum absolute atomic E-state index is 10.7. The molecule has 5 nitrogen and oxygen atoms in total. The summed E-state index contributed by atoms with van der Waals surface area (Å²) in [6, 6.07) is -0.352. The lowest BCUT2D eigenvalue weighted by atomic mass is 10.3. The molecule has 1 fully saturated rings. The molecule has 1 aliphatic rings. The number of nitrogens with zero attached hydrogens (tertiary/aromatic N) is 2. The van der Waals surface area contributed by atoms with Crippen LogP contribution in [0.15, 0.2) is 0 Å². The Morgan fingerprint density at radius 1 is 1.54 bits per heavy atom. The number of hydrogen-bond donors (Lipinski definition) is 2. The largest absolute Gasteiger partial charge is 0.351 e. The number of piperazine rings is 1. The summed E-state index contributed by atoms with van der Waals surface area (Å²) in [5, 5.41) is 3.28. The fraction of sp³-hybridized carbons (Fsp3) is 0.875. The van der Waals surface area contributed by atoms with Crippen molar-refractivity contribution in [1.82, 2.24) is 15.1 Å². The van der Waals surface area contributed by atoms with Crippen LogP contribution in [0.3, 0.4) is 0 Å². The Hall–Kier alpha value is -0.810. The lowest BCUT2D eigenvalue weighted by Crippen LogP contribution is -2.47. The van der Waals surface area contributed by atoms with Gasteiger partial charge in [-0.3, -0.25) is 4.90 Å². The summed E-state index contributed by atoms with van der Waals surface area (Å²) < 4.78 is 0. The molecule has 0 radical (unpaired) electrons. The summed E-state index contributed by atoms with van der Waals surface area (Å²) >= 11 is 0. The zero-order chi connectivity index (χ0) is 9.68. The summed E-state index contributed by atoms with van der Waals surface area (Å²) in [6.07, 6.45) is 0. The molecule has 0 aliphatic carbocycles. The van der Waals surface area contributed by atoms with Gasteiger partial charge in [0.2, 0.25) is 0 Å². The summed E-state index contributed by atoms with van der Waals surface area (Å²) in [5.41, 5.74) is 5.11. The van der Waals surface area contributed by atoms with Crippen molar-refractivity contribution in [2.24, 2.45) is 5.73 Å². The molecule has 1 heterocycles. The summed E-state index contributed by atoms with van der Waals surface area (Å²) in [7, 11) is 1.73. The maximum atomic E-state index is 10.7. The number of hydrogen-bond acceptors (Lipinski definition) is 3. The second-order valence-electron chi connectivity index (χ2n) is 3.35. The average Bonchev–Trinajstić information content (AvgIpc) is 2.15. The van der Waals surface area contributed by atoms with Gasteiger partial charge in [-0.25, -0.2) is 4.79 Å². The van der Waals surface area contributed by atoms with E-state index in [4.69, 9.17) is 5.73 Å². The highest BCUT2D eigenvalue weighted by molar-refractivity contribution is 5.71. The van der Waals surface area contributed by atoms with Crippen molar-refractivity contribution < 1.29 is 4.79 Å². The van der Waals surface area contributed by atoms with Gasteiger partial charge in [0, 0.05) is 46.3 Å². The molecule has 2 amide bonds. The number of likely N-dealkylation sites (N-methyl/N-ethyl adjacent to an activating group) is 1. The van der Waals surface area contributed by atoms with E-state index in [-0.39, 0.29) is 6.03 Å². The predicted molar refractivity (Wildman–Crippen MR) is 51.5 cm³/mol. The zero-order valence-electron chi connectivity index (χ0n) is 8.12. The van der Waals surface area contributed by atoms with Crippen molar-refractivity contribution in [3.05, 3.63) is 0 Å². The highest BCUT2D eigenvalue weighted by Crippen LogP contribution is 1.92. The van der Waals surface area contributed by atoms with E-state index in [0.717, 1.165) is 39.3 Å². The van der Waals surface area contributed by atoms with Gasteiger partial charge in [-0.1, -0.05) is 0 Å². The SMILES string of the molecule is CN(CCN1CCNCC1)C(N)=O. The number of amides is 2. The third kappa shape index (κ3) is 3.61. The molecular formula is C8H18N4O. The molecule has 5 heteroatoms. The quantitative estimate of drug-likeness (QED) is 0.588. The molecule has 1 aliphatic heterocycles. The fourth-order valence-electron chi connectivity index (χ4n) is 1.34. The smallest absolute Gasteiger partial charge is 0.314 e. The van der Waals surface area contributed by atoms with Gasteiger partial charge < -0.3 is 16.0 Å². The monoisotopic (exact) mass is 186 g/mol. The van der Waals surface area contributed by atoms with Crippen LogP contribution in [-0.4, -0.2) is 62.1 Å². The molecule has 1 saturated heterocycles. The average molecular weight is 186 g/mol. The molecule has 0 aromatic heterocycles. The van der Waals surface area contributed by atoms with Crippen LogP contribution >= 0.6 is 0 Å². The minimum Gasteiger partial charge on any atom is -0.351 e. The number of primary amides is 1. The van der Waals surface area contributed by atoms with Crippen LogP contribution in [0.25, 0.3) is 0 Å². The molecule has 0 unspecified atom stereocenters. The lowest BCUT2D eigenvalue weighted by molar-refractivity contribution is 0.194. The standard InChI is InChI=1S/C8H18N4O/c1-11(8(9)13)6-7-12-4-2-10-3-5-12/h10H,2-7H2,1H3,(H2,9,13). The molecule has 3 N–H and O–H groups in total. The number of urea groups is 1. The van der Waals surface area contributed by atoms with Crippen molar-refractivity contribution in [1.29, 1.82) is 0 Å². The van der Waals surface area contributed by atoms with E-state index >= 15 is 0 Å². The molecule has 0 spiro atoms. The molecule has 0 aromatic rings. The van der Waals surface area contributed by atoms with Crippen molar-refractivity contribution in [3.63, 3.8) is 0 Å². The molecule has 76 valence electrons. The molecule has 0 atom stereocenters. The first-order chi connectivity index (χ1) is 6.20. The minimum atomic E-state index is -0.352. The first kappa shape index (κ1) is 10.3. The van der Waals surface area contributed by atoms with Gasteiger partial charge in [-0.2, -0.15) is 0 Å². The third-order valence-corrected chi connectivity index (χ3v) is 2.34. The van der Waals surface area contributed by atoms with E-state index in [1.807, 2.05) is 0 Å². The van der Waals surface area contributed by atoms with E-state index in [1.165, 1.54) is 0 Å². The van der Waals surface area contributed by atoms with Gasteiger partial charge in [-0.15, -0.1) is 0 Å². The minimum absolute atomic E-state index is 0.352. The summed E-state index contributed by atoms with van der Waals surface area (Å²) in [6.45, 7) is 5.84. The molecule has 1 rings (SSSR count). The Labute approximate surface area is 78.9 Å². The topological polar surface area (TPSA) is 61.6 Å². The number of carbonyl (C=O) groups excluding carboxylic acids is 1. The van der Waals surface area contributed by atoms with Gasteiger partial charge in [0.05, 0.1) is 0 Å². The second-order valence-corrected chi connectivity index (χ2v) is 3.35. The summed E-state index contributed by atoms with van der Waals surface area (Å²) in [5.74, 6) is 0. The third-order valence-electron chi connectivity index (χ3n) is 2.34. The van der Waals surface area contributed by atoms with Crippen LogP contribution in [-0.2, 0) is 0 Å². The van der Waals surface area contributed by atoms with E-state index in [2.05, 4.69) is 10.2 Å². The van der Waals surface area contributed by atoms with E-state index in [9.17, 15) is 4.79 Å². The normalized spacial score (nSPS) is 18.5. The van der Waals surface area contributed by atoms with E-state index < -0.39 is 0 Å². The molecule has 13 heavy (non-hydrogen) atoms. The van der Waals surface area contributed by atoms with Gasteiger partial charge in [0.25, 0.3) is 0 Å². The molecule has 0 bridgehead atoms. The number of nitrogens with one attached hydrogen (secondary N) is 1. The van der Waals surface area contributed by atoms with E-state index in [0.29, 0.717) is 0 Å². The van der Waals surface area contributed by atoms with Crippen molar-refractivity contribution in [2.75, 3.05) is 46.3 Å². The molecular weight excluding hydrogens is 168 g/mol. The maximum Gasteiger partial charge on any atom is 0.314 e. The van der Waals surface area contributed by atoms with Crippen LogP contribution in [0.5, 0.6) is 0 Å². The van der Waals surface area contributed by atoms with Crippen molar-refractivity contribution in [2.45, 2.75) is 0 Å². The van der Waals surface area contributed by atoms with Crippen LogP contribution in [0, 0.1) is 0 Å². The van der Waals surface area contributed by atoms with Crippen LogP contribution in [0.2, 0.25) is 0 Å². The Bertz CT molecular complexity index is 168. The Kier molecular flexibility index (Phi) is 3.98. The van der Waals surface area contributed by atoms with Crippen LogP contribution in [0.4, 0.5) is 4.79 Å². The zero-order valence-corrected chi connectivity index (χ0v) is 8.12. The molecule has 0 saturated carbocycles. The first-order valence-electron chi connectivity index (χ1n) is 4.64. The first-order valence-corrected chi connectivity index (χ1v) is 4.64. The van der Waals surface area contributed by atoms with Crippen molar-refractivity contribution in [3.8, 4) is 0 Å². The van der Waals surface area contributed by atoms with E-state index in [1.54, 1.807) is 11.9 Å². The van der Waals surface area contributed by atoms with Gasteiger partial charge in [0.15, 0.2) is 0 Å². The Morgan fingerprint density at radius 2 is 2.15 bits per heavy atom. The fourth-order valence-corrected chi connectivity index (χ4v) is 1.34. The van der Waals surface area contributed by atoms with Gasteiger partial charge in [-0.05, 0) is 0 Å². The number of carbonyl (C=O) groups is 1. The van der Waals surface area contributed by atoms with Crippen LogP contribution in [0.1, 0.15) is 0 Å². The second kappa shape index (κ2) is 5.04. The Morgan fingerprint density at radius 3 is 2.69 bits per heavy atom. The highest BCUT2D eigenvalue weighted by atomic mass is 16.2. The number of rotatable bonds is 3. The van der Waals surface area contributed by atoms with Crippen molar-refractivity contribution >= 4 is 6.03 Å². The summed E-state index contributed by atoms with van der Waals surface area (Å²) in [4.78, 5) is 14.6. The van der Waals surface area contributed by atoms with Gasteiger partial charge >= 0.3 is 6.03 Å². The van der Waals surface area contributed by atoms with Crippen LogP contribution < -0.4 is 11.1 Å². The Balaban J connectivity index is 2.13. The van der Waals surface area contributed by atoms with Gasteiger partial charge in [0.1, 0.15) is 0 Å². The molecule has 0 aromatic carbocycles. The lowest BCUT2D eigenvalue weighted by Gasteiger charge is -2.28. The highest BCUT2D eigenvalue weighted by Gasteiger charge is 2.10.